The minimum atomic E-state index is 0.250. The number of rotatable bonds is 2. The molecule has 2 aliphatic rings. The molecule has 0 saturated heterocycles. The van der Waals surface area contributed by atoms with Crippen molar-refractivity contribution in [1.82, 2.24) is 0 Å². The van der Waals surface area contributed by atoms with Gasteiger partial charge in [-0.15, -0.1) is 0 Å². The van der Waals surface area contributed by atoms with Crippen LogP contribution in [0.4, 0.5) is 0 Å². The van der Waals surface area contributed by atoms with E-state index in [0.717, 1.165) is 65.0 Å². The Balaban J connectivity index is 0.000000156. The van der Waals surface area contributed by atoms with Crippen LogP contribution in [0.15, 0.2) is 42.5 Å². The summed E-state index contributed by atoms with van der Waals surface area (Å²) in [5, 5.41) is 8.94. The Labute approximate surface area is 160 Å². The Hall–Kier alpha value is -3.06. The van der Waals surface area contributed by atoms with Crippen molar-refractivity contribution < 1.29 is 14.3 Å². The molecule has 2 aliphatic carbocycles. The third-order valence-electron chi connectivity index (χ3n) is 4.99. The molecule has 0 fully saturated rings. The number of carbonyl (C=O) groups is 1. The first-order chi connectivity index (χ1) is 13.2. The Morgan fingerprint density at radius 3 is 2.15 bits per heavy atom. The highest BCUT2D eigenvalue weighted by molar-refractivity contribution is 5.99. The van der Waals surface area contributed by atoms with Crippen molar-refractivity contribution in [3.63, 3.8) is 0 Å². The number of nitrogens with zero attached hydrogens (tertiary/aromatic N) is 1. The number of Topliss-reactive ketones (excluding diaryl/α,β-unsaturated/α-hetero) is 1. The van der Waals surface area contributed by atoms with Crippen LogP contribution in [0.1, 0.15) is 46.3 Å². The van der Waals surface area contributed by atoms with Crippen LogP contribution in [0, 0.1) is 11.3 Å². The largest absolute Gasteiger partial charge is 0.496 e. The summed E-state index contributed by atoms with van der Waals surface area (Å²) in [5.41, 5.74) is 4.89. The molecule has 27 heavy (non-hydrogen) atoms. The molecule has 0 saturated carbocycles. The predicted molar refractivity (Wildman–Crippen MR) is 105 cm³/mol. The molecular formula is C23H23NO3. The van der Waals surface area contributed by atoms with Gasteiger partial charge in [-0.2, -0.15) is 5.26 Å². The average Bonchev–Trinajstić information content (AvgIpc) is 2.73. The van der Waals surface area contributed by atoms with Crippen LogP contribution >= 0.6 is 0 Å². The maximum absolute atomic E-state index is 11.5. The molecule has 138 valence electrons. The lowest BCUT2D eigenvalue weighted by molar-refractivity contribution is 0.0971. The molecule has 0 unspecified atom stereocenters. The molecule has 4 rings (SSSR count). The van der Waals surface area contributed by atoms with Crippen molar-refractivity contribution >= 4 is 11.4 Å². The van der Waals surface area contributed by atoms with Crippen molar-refractivity contribution in [3.05, 3.63) is 64.7 Å². The number of hydrogen-bond donors (Lipinski definition) is 0. The van der Waals surface area contributed by atoms with Gasteiger partial charge >= 0.3 is 0 Å². The van der Waals surface area contributed by atoms with E-state index >= 15 is 0 Å². The quantitative estimate of drug-likeness (QED) is 0.773. The summed E-state index contributed by atoms with van der Waals surface area (Å²) in [4.78, 5) is 11.5. The molecule has 0 amide bonds. The van der Waals surface area contributed by atoms with E-state index in [9.17, 15) is 4.79 Å². The first kappa shape index (κ1) is 18.7. The lowest BCUT2D eigenvalue weighted by atomic mass is 9.90. The molecule has 0 N–H and O–H groups in total. The summed E-state index contributed by atoms with van der Waals surface area (Å²) in [6, 6.07) is 13.7. The molecule has 0 heterocycles. The number of benzene rings is 2. The van der Waals surface area contributed by atoms with Crippen molar-refractivity contribution in [2.45, 2.75) is 32.1 Å². The van der Waals surface area contributed by atoms with Gasteiger partial charge < -0.3 is 9.47 Å². The number of allylic oxidation sites excluding steroid dienone is 2. The third kappa shape index (κ3) is 3.88. The topological polar surface area (TPSA) is 59.3 Å². The van der Waals surface area contributed by atoms with E-state index in [-0.39, 0.29) is 5.78 Å². The Morgan fingerprint density at radius 1 is 0.889 bits per heavy atom. The Morgan fingerprint density at radius 2 is 1.52 bits per heavy atom. The van der Waals surface area contributed by atoms with Crippen LogP contribution in [-0.4, -0.2) is 20.0 Å². The van der Waals surface area contributed by atoms with Crippen LogP contribution in [0.25, 0.3) is 5.57 Å². The first-order valence-corrected chi connectivity index (χ1v) is 9.15. The maximum atomic E-state index is 11.5. The summed E-state index contributed by atoms with van der Waals surface area (Å²) >= 11 is 0. The van der Waals surface area contributed by atoms with E-state index in [1.54, 1.807) is 14.2 Å². The van der Waals surface area contributed by atoms with Crippen molar-refractivity contribution in [2.24, 2.45) is 0 Å². The van der Waals surface area contributed by atoms with Crippen LogP contribution in [0.5, 0.6) is 11.5 Å². The molecular weight excluding hydrogens is 338 g/mol. The SMILES string of the molecule is COc1cccc2c1CCC=C2C#N.COc1cccc2c1CCCC2=O. The molecule has 0 spiro atoms. The molecule has 0 bridgehead atoms. The lowest BCUT2D eigenvalue weighted by Crippen LogP contribution is -2.11. The zero-order valence-electron chi connectivity index (χ0n) is 15.7. The molecule has 0 radical (unpaired) electrons. The van der Waals surface area contributed by atoms with Gasteiger partial charge in [0.05, 0.1) is 25.9 Å². The molecule has 0 atom stereocenters. The smallest absolute Gasteiger partial charge is 0.163 e. The van der Waals surface area contributed by atoms with Gasteiger partial charge in [-0.25, -0.2) is 0 Å². The summed E-state index contributed by atoms with van der Waals surface area (Å²) < 4.78 is 10.5. The molecule has 0 aliphatic heterocycles. The lowest BCUT2D eigenvalue weighted by Gasteiger charge is -2.16. The van der Waals surface area contributed by atoms with Gasteiger partial charge in [0, 0.05) is 23.1 Å². The van der Waals surface area contributed by atoms with Crippen LogP contribution in [0.3, 0.4) is 0 Å². The standard InChI is InChI=1S/C12H11NO.C11H12O2/c1-14-12-7-3-5-10-9(8-13)4-2-6-11(10)12;1-13-11-7-3-4-8-9(11)5-2-6-10(8)12/h3-5,7H,2,6H2,1H3;3-4,7H,2,5-6H2,1H3. The zero-order valence-corrected chi connectivity index (χ0v) is 15.7. The van der Waals surface area contributed by atoms with E-state index in [2.05, 4.69) is 6.07 Å². The molecule has 4 nitrogen and oxygen atoms in total. The number of hydrogen-bond acceptors (Lipinski definition) is 4. The number of ether oxygens (including phenoxy) is 2. The third-order valence-corrected chi connectivity index (χ3v) is 4.99. The highest BCUT2D eigenvalue weighted by atomic mass is 16.5. The number of carbonyl (C=O) groups excluding carboxylic acids is 1. The minimum absolute atomic E-state index is 0.250. The first-order valence-electron chi connectivity index (χ1n) is 9.15. The molecule has 4 heteroatoms. The summed E-state index contributed by atoms with van der Waals surface area (Å²) in [5.74, 6) is 1.99. The van der Waals surface area contributed by atoms with Gasteiger partial charge in [0.1, 0.15) is 11.5 Å². The van der Waals surface area contributed by atoms with E-state index in [0.29, 0.717) is 6.42 Å². The summed E-state index contributed by atoms with van der Waals surface area (Å²) in [6.07, 6.45) is 6.47. The Kier molecular flexibility index (Phi) is 5.93. The van der Waals surface area contributed by atoms with Crippen molar-refractivity contribution in [1.29, 1.82) is 5.26 Å². The minimum Gasteiger partial charge on any atom is -0.496 e. The van der Waals surface area contributed by atoms with Gasteiger partial charge in [-0.05, 0) is 43.4 Å². The maximum Gasteiger partial charge on any atom is 0.163 e. The Bertz CT molecular complexity index is 922. The fraction of sp³-hybridized carbons (Fsp3) is 0.304. The van der Waals surface area contributed by atoms with Gasteiger partial charge in [-0.3, -0.25) is 4.79 Å². The molecule has 0 aromatic heterocycles. The van der Waals surface area contributed by atoms with Gasteiger partial charge in [0.2, 0.25) is 0 Å². The van der Waals surface area contributed by atoms with E-state index in [1.165, 1.54) is 0 Å². The van der Waals surface area contributed by atoms with Gasteiger partial charge in [-0.1, -0.05) is 30.3 Å². The number of fused-ring (bicyclic) bond motifs is 2. The predicted octanol–water partition coefficient (Wildman–Crippen LogP) is 4.76. The number of ketones is 1. The average molecular weight is 361 g/mol. The van der Waals surface area contributed by atoms with Gasteiger partial charge in [0.15, 0.2) is 5.78 Å². The highest BCUT2D eigenvalue weighted by Gasteiger charge is 2.19. The van der Waals surface area contributed by atoms with Crippen molar-refractivity contribution in [2.75, 3.05) is 14.2 Å². The fourth-order valence-electron chi connectivity index (χ4n) is 3.68. The molecule has 2 aromatic rings. The number of nitriles is 1. The zero-order chi connectivity index (χ0) is 19.2. The monoisotopic (exact) mass is 361 g/mol. The van der Waals surface area contributed by atoms with E-state index in [1.807, 2.05) is 42.5 Å². The van der Waals surface area contributed by atoms with Crippen molar-refractivity contribution in [3.8, 4) is 17.6 Å². The van der Waals surface area contributed by atoms with Crippen LogP contribution < -0.4 is 9.47 Å². The van der Waals surface area contributed by atoms with Crippen LogP contribution in [-0.2, 0) is 12.8 Å². The molecule has 2 aromatic carbocycles. The van der Waals surface area contributed by atoms with Gasteiger partial charge in [0.25, 0.3) is 0 Å². The van der Waals surface area contributed by atoms with Crippen LogP contribution in [0.2, 0.25) is 0 Å². The van der Waals surface area contributed by atoms with E-state index < -0.39 is 0 Å². The second kappa shape index (κ2) is 8.55. The second-order valence-corrected chi connectivity index (χ2v) is 6.52. The summed E-state index contributed by atoms with van der Waals surface area (Å²) in [7, 11) is 3.31. The highest BCUT2D eigenvalue weighted by Crippen LogP contribution is 2.32. The summed E-state index contributed by atoms with van der Waals surface area (Å²) in [6.45, 7) is 0. The number of methoxy groups -OCH3 is 2. The normalized spacial score (nSPS) is 14.6. The second-order valence-electron chi connectivity index (χ2n) is 6.52. The van der Waals surface area contributed by atoms with E-state index in [4.69, 9.17) is 14.7 Å². The fourth-order valence-corrected chi connectivity index (χ4v) is 3.68.